The van der Waals surface area contributed by atoms with Gasteiger partial charge in [-0.15, -0.1) is 0 Å². The topological polar surface area (TPSA) is 96.2 Å². The molecule has 0 fully saturated rings. The lowest BCUT2D eigenvalue weighted by Gasteiger charge is -2.32. The van der Waals surface area contributed by atoms with E-state index in [0.29, 0.717) is 0 Å². The van der Waals surface area contributed by atoms with Crippen LogP contribution in [0.4, 0.5) is 0 Å². The Hall–Kier alpha value is -2.05. The summed E-state index contributed by atoms with van der Waals surface area (Å²) in [5, 5.41) is 21.9. The Morgan fingerprint density at radius 1 is 1.35 bits per heavy atom. The first-order valence-electron chi connectivity index (χ1n) is 7.55. The smallest absolute Gasteiger partial charge is 0.318 e. The molecule has 1 aromatic carbocycles. The second-order valence-corrected chi connectivity index (χ2v) is 6.52. The third-order valence-electron chi connectivity index (χ3n) is 4.39. The number of aliphatic hydroxyl groups is 2. The molecule has 6 nitrogen and oxygen atoms in total. The van der Waals surface area contributed by atoms with Crippen LogP contribution in [-0.2, 0) is 15.3 Å². The number of esters is 1. The number of benzene rings is 1. The fourth-order valence-electron chi connectivity index (χ4n) is 3.33. The Bertz CT molecular complexity index is 725. The van der Waals surface area contributed by atoms with Gasteiger partial charge in [-0.05, 0) is 12.8 Å². The van der Waals surface area contributed by atoms with Crippen molar-refractivity contribution in [2.75, 3.05) is 6.61 Å². The van der Waals surface area contributed by atoms with Crippen LogP contribution in [0.2, 0.25) is 0 Å². The monoisotopic (exact) mass is 317 g/mol. The van der Waals surface area contributed by atoms with Crippen molar-refractivity contribution in [2.24, 2.45) is 16.8 Å². The number of fused-ring (bicyclic) bond motifs is 3. The number of hydrogen-bond donors (Lipinski definition) is 2. The van der Waals surface area contributed by atoms with Gasteiger partial charge < -0.3 is 14.9 Å². The molecule has 1 aromatic rings. The quantitative estimate of drug-likeness (QED) is 0.812. The van der Waals surface area contributed by atoms with Gasteiger partial charge in [0.1, 0.15) is 5.92 Å². The molecule has 0 bridgehead atoms. The van der Waals surface area contributed by atoms with Gasteiger partial charge in [-0.3, -0.25) is 14.6 Å². The summed E-state index contributed by atoms with van der Waals surface area (Å²) in [5.41, 5.74) is -3.92. The van der Waals surface area contributed by atoms with E-state index < -0.39 is 29.0 Å². The van der Waals surface area contributed by atoms with Gasteiger partial charge in [0.15, 0.2) is 5.60 Å². The first-order valence-corrected chi connectivity index (χ1v) is 7.55. The Kier molecular flexibility index (Phi) is 3.42. The van der Waals surface area contributed by atoms with Crippen molar-refractivity contribution in [3.63, 3.8) is 0 Å². The van der Waals surface area contributed by atoms with E-state index in [1.165, 1.54) is 19.1 Å². The SMILES string of the molecule is CC1=N[C@]2(O)c3ccccc3C(=O)[C@@]2(O)C1C(=O)OCC(C)C. The molecule has 3 atom stereocenters. The van der Waals surface area contributed by atoms with Crippen LogP contribution in [0.3, 0.4) is 0 Å². The maximum atomic E-state index is 12.7. The third-order valence-corrected chi connectivity index (χ3v) is 4.39. The summed E-state index contributed by atoms with van der Waals surface area (Å²) in [4.78, 5) is 29.2. The van der Waals surface area contributed by atoms with Crippen molar-refractivity contribution in [1.29, 1.82) is 0 Å². The van der Waals surface area contributed by atoms with Gasteiger partial charge in [-0.2, -0.15) is 0 Å². The second-order valence-electron chi connectivity index (χ2n) is 6.52. The lowest BCUT2D eigenvalue weighted by atomic mass is 9.79. The lowest BCUT2D eigenvalue weighted by molar-refractivity contribution is -0.165. The minimum atomic E-state index is -2.35. The fourth-order valence-corrected chi connectivity index (χ4v) is 3.33. The van der Waals surface area contributed by atoms with E-state index in [1.807, 2.05) is 13.8 Å². The molecule has 0 radical (unpaired) electrons. The summed E-state index contributed by atoms with van der Waals surface area (Å²) >= 11 is 0. The van der Waals surface area contributed by atoms with Crippen LogP contribution in [0.15, 0.2) is 29.3 Å². The molecule has 0 amide bonds. The van der Waals surface area contributed by atoms with E-state index in [4.69, 9.17) is 4.74 Å². The summed E-state index contributed by atoms with van der Waals surface area (Å²) in [6, 6.07) is 6.31. The molecule has 1 aliphatic heterocycles. The Morgan fingerprint density at radius 2 is 2.00 bits per heavy atom. The zero-order valence-electron chi connectivity index (χ0n) is 13.2. The van der Waals surface area contributed by atoms with Crippen molar-refractivity contribution >= 4 is 17.5 Å². The minimum Gasteiger partial charge on any atom is -0.465 e. The van der Waals surface area contributed by atoms with Crippen molar-refractivity contribution < 1.29 is 24.5 Å². The highest BCUT2D eigenvalue weighted by Crippen LogP contribution is 2.53. The standard InChI is InChI=1S/C17H19NO5/c1-9(2)8-23-15(20)13-10(3)18-17(22)12-7-5-4-6-11(12)14(19)16(13,17)21/h4-7,9,13,21-22H,8H2,1-3H3/t13?,16-,17-/m0/s1. The molecule has 0 saturated heterocycles. The molecular formula is C17H19NO5. The van der Waals surface area contributed by atoms with E-state index in [1.54, 1.807) is 12.1 Å². The minimum absolute atomic E-state index is 0.114. The molecule has 1 heterocycles. The average Bonchev–Trinajstić information content (AvgIpc) is 2.80. The third kappa shape index (κ3) is 1.91. The van der Waals surface area contributed by atoms with E-state index in [0.717, 1.165) is 0 Å². The predicted octanol–water partition coefficient (Wildman–Crippen LogP) is 1.05. The van der Waals surface area contributed by atoms with Crippen LogP contribution in [0.25, 0.3) is 0 Å². The van der Waals surface area contributed by atoms with Crippen molar-refractivity contribution in [1.82, 2.24) is 0 Å². The number of carbonyl (C=O) groups excluding carboxylic acids is 2. The van der Waals surface area contributed by atoms with Crippen LogP contribution in [-0.4, -0.2) is 39.9 Å². The summed E-state index contributed by atoms with van der Waals surface area (Å²) in [5.74, 6) is -2.66. The number of Topliss-reactive ketones (excluding diaryl/α,β-unsaturated/α-hetero) is 1. The van der Waals surface area contributed by atoms with Gasteiger partial charge in [0.05, 0.1) is 6.61 Å². The zero-order valence-corrected chi connectivity index (χ0v) is 13.2. The first-order chi connectivity index (χ1) is 10.7. The van der Waals surface area contributed by atoms with Gasteiger partial charge in [0.25, 0.3) is 0 Å². The van der Waals surface area contributed by atoms with E-state index >= 15 is 0 Å². The van der Waals surface area contributed by atoms with Crippen LogP contribution in [0.5, 0.6) is 0 Å². The van der Waals surface area contributed by atoms with E-state index in [2.05, 4.69) is 4.99 Å². The summed E-state index contributed by atoms with van der Waals surface area (Å²) in [6.07, 6.45) is 0. The van der Waals surface area contributed by atoms with Gasteiger partial charge in [0, 0.05) is 16.8 Å². The van der Waals surface area contributed by atoms with Crippen molar-refractivity contribution in [3.8, 4) is 0 Å². The molecule has 2 aliphatic rings. The molecule has 0 spiro atoms. The number of hydrogen-bond acceptors (Lipinski definition) is 6. The van der Waals surface area contributed by atoms with Crippen LogP contribution in [0.1, 0.15) is 36.7 Å². The highest BCUT2D eigenvalue weighted by molar-refractivity contribution is 6.18. The van der Waals surface area contributed by atoms with Crippen LogP contribution in [0, 0.1) is 11.8 Å². The second kappa shape index (κ2) is 4.97. The Morgan fingerprint density at radius 3 is 2.65 bits per heavy atom. The molecule has 23 heavy (non-hydrogen) atoms. The number of ketones is 1. The molecule has 0 saturated carbocycles. The number of carbonyl (C=O) groups is 2. The lowest BCUT2D eigenvalue weighted by Crippen LogP contribution is -2.56. The van der Waals surface area contributed by atoms with Crippen LogP contribution >= 0.6 is 0 Å². The maximum absolute atomic E-state index is 12.7. The maximum Gasteiger partial charge on any atom is 0.318 e. The fraction of sp³-hybridized carbons (Fsp3) is 0.471. The highest BCUT2D eigenvalue weighted by atomic mass is 16.5. The van der Waals surface area contributed by atoms with Gasteiger partial charge in [0.2, 0.25) is 11.5 Å². The Labute approximate surface area is 133 Å². The zero-order chi connectivity index (χ0) is 17.0. The molecule has 0 aromatic heterocycles. The molecule has 6 heteroatoms. The molecular weight excluding hydrogens is 298 g/mol. The van der Waals surface area contributed by atoms with Crippen LogP contribution < -0.4 is 0 Å². The Balaban J connectivity index is 2.06. The van der Waals surface area contributed by atoms with Crippen molar-refractivity contribution in [2.45, 2.75) is 32.1 Å². The predicted molar refractivity (Wildman–Crippen MR) is 82.0 cm³/mol. The normalized spacial score (nSPS) is 31.8. The molecule has 1 aliphatic carbocycles. The highest BCUT2D eigenvalue weighted by Gasteiger charge is 2.72. The summed E-state index contributed by atoms with van der Waals surface area (Å²) in [7, 11) is 0. The largest absolute Gasteiger partial charge is 0.465 e. The van der Waals surface area contributed by atoms with Gasteiger partial charge in [-0.1, -0.05) is 38.1 Å². The number of ether oxygens (including phenoxy) is 1. The number of nitrogens with zero attached hydrogens (tertiary/aromatic N) is 1. The molecule has 1 unspecified atom stereocenters. The number of rotatable bonds is 3. The molecule has 2 N–H and O–H groups in total. The van der Waals surface area contributed by atoms with E-state index in [9.17, 15) is 19.8 Å². The summed E-state index contributed by atoms with van der Waals surface area (Å²) < 4.78 is 5.18. The average molecular weight is 317 g/mol. The van der Waals surface area contributed by atoms with E-state index in [-0.39, 0.29) is 29.4 Å². The molecule has 122 valence electrons. The first kappa shape index (κ1) is 15.8. The van der Waals surface area contributed by atoms with Crippen molar-refractivity contribution in [3.05, 3.63) is 35.4 Å². The van der Waals surface area contributed by atoms with Gasteiger partial charge in [-0.25, -0.2) is 0 Å². The summed E-state index contributed by atoms with van der Waals surface area (Å²) in [6.45, 7) is 5.43. The molecule has 3 rings (SSSR count). The number of aliphatic imine (C=N–C) groups is 1. The van der Waals surface area contributed by atoms with Gasteiger partial charge >= 0.3 is 5.97 Å².